The maximum atomic E-state index is 12.5. The Hall–Kier alpha value is -1.07. The standard InChI is InChI=1S/C13H17ClO4S/c1-3-9(4-2)12(13(15)16)19(17,18)11-8-6-5-7-10(11)14/h5-9,12H,3-4H2,1-2H3,(H,15,16). The van der Waals surface area contributed by atoms with Gasteiger partial charge in [0.05, 0.1) is 9.92 Å². The number of carbonyl (C=O) groups is 1. The second-order valence-electron chi connectivity index (χ2n) is 4.31. The predicted molar refractivity (Wildman–Crippen MR) is 74.1 cm³/mol. The SMILES string of the molecule is CCC(CC)C(C(=O)O)S(=O)(=O)c1ccccc1Cl. The molecule has 4 nitrogen and oxygen atoms in total. The Labute approximate surface area is 118 Å². The minimum atomic E-state index is -3.99. The quantitative estimate of drug-likeness (QED) is 0.877. The number of aliphatic carboxylic acids is 1. The molecule has 0 aliphatic carbocycles. The van der Waals surface area contributed by atoms with Crippen LogP contribution in [0.1, 0.15) is 26.7 Å². The van der Waals surface area contributed by atoms with Gasteiger partial charge in [-0.25, -0.2) is 8.42 Å². The number of halogens is 1. The predicted octanol–water partition coefficient (Wildman–Crippen LogP) is 3.00. The summed E-state index contributed by atoms with van der Waals surface area (Å²) in [6, 6.07) is 5.93. The van der Waals surface area contributed by atoms with E-state index in [2.05, 4.69) is 0 Å². The van der Waals surface area contributed by atoms with E-state index in [1.807, 2.05) is 0 Å². The van der Waals surface area contributed by atoms with E-state index in [0.717, 1.165) is 0 Å². The molecule has 1 N–H and O–H groups in total. The lowest BCUT2D eigenvalue weighted by atomic mass is 9.99. The van der Waals surface area contributed by atoms with Crippen LogP contribution in [0, 0.1) is 5.92 Å². The molecule has 0 radical (unpaired) electrons. The largest absolute Gasteiger partial charge is 0.480 e. The van der Waals surface area contributed by atoms with E-state index in [0.29, 0.717) is 12.8 Å². The van der Waals surface area contributed by atoms with Crippen molar-refractivity contribution in [3.8, 4) is 0 Å². The van der Waals surface area contributed by atoms with Gasteiger partial charge in [0, 0.05) is 0 Å². The van der Waals surface area contributed by atoms with Crippen LogP contribution < -0.4 is 0 Å². The Morgan fingerprint density at radius 3 is 2.21 bits per heavy atom. The lowest BCUT2D eigenvalue weighted by molar-refractivity contribution is -0.137. The molecule has 0 saturated heterocycles. The Bertz CT molecular complexity index is 550. The molecule has 0 saturated carbocycles. The van der Waals surface area contributed by atoms with Gasteiger partial charge in [0.25, 0.3) is 0 Å². The summed E-state index contributed by atoms with van der Waals surface area (Å²) in [6.45, 7) is 3.57. The number of carboxylic acids is 1. The summed E-state index contributed by atoms with van der Waals surface area (Å²) in [5.41, 5.74) is 0. The van der Waals surface area contributed by atoms with Crippen LogP contribution in [0.3, 0.4) is 0 Å². The number of carboxylic acid groups (broad SMARTS) is 1. The molecule has 1 unspecified atom stereocenters. The molecule has 0 aliphatic heterocycles. The van der Waals surface area contributed by atoms with Crippen LogP contribution in [0.4, 0.5) is 0 Å². The van der Waals surface area contributed by atoms with Gasteiger partial charge in [0.1, 0.15) is 0 Å². The van der Waals surface area contributed by atoms with E-state index in [1.165, 1.54) is 18.2 Å². The average molecular weight is 305 g/mol. The smallest absolute Gasteiger partial charge is 0.322 e. The van der Waals surface area contributed by atoms with Gasteiger partial charge in [-0.3, -0.25) is 4.79 Å². The van der Waals surface area contributed by atoms with E-state index in [1.54, 1.807) is 19.9 Å². The van der Waals surface area contributed by atoms with Crippen molar-refractivity contribution in [3.05, 3.63) is 29.3 Å². The van der Waals surface area contributed by atoms with Gasteiger partial charge in [-0.15, -0.1) is 0 Å². The van der Waals surface area contributed by atoms with Gasteiger partial charge in [-0.2, -0.15) is 0 Å². The van der Waals surface area contributed by atoms with Crippen molar-refractivity contribution in [1.82, 2.24) is 0 Å². The zero-order chi connectivity index (χ0) is 14.6. The van der Waals surface area contributed by atoms with E-state index >= 15 is 0 Å². The second kappa shape index (κ2) is 6.39. The highest BCUT2D eigenvalue weighted by Crippen LogP contribution is 2.30. The summed E-state index contributed by atoms with van der Waals surface area (Å²) < 4.78 is 25.0. The normalized spacial score (nSPS) is 13.5. The molecule has 0 fully saturated rings. The maximum absolute atomic E-state index is 12.5. The molecule has 1 atom stereocenters. The van der Waals surface area contributed by atoms with Crippen LogP contribution in [0.25, 0.3) is 0 Å². The highest BCUT2D eigenvalue weighted by molar-refractivity contribution is 7.93. The molecule has 0 amide bonds. The van der Waals surface area contributed by atoms with Gasteiger partial charge in [0.15, 0.2) is 15.1 Å². The molecule has 1 rings (SSSR count). The first-order valence-electron chi connectivity index (χ1n) is 6.07. The molecule has 0 spiro atoms. The highest BCUT2D eigenvalue weighted by atomic mass is 35.5. The second-order valence-corrected chi connectivity index (χ2v) is 6.76. The lowest BCUT2D eigenvalue weighted by Gasteiger charge is -2.22. The highest BCUT2D eigenvalue weighted by Gasteiger charge is 2.39. The van der Waals surface area contributed by atoms with Crippen molar-refractivity contribution >= 4 is 27.4 Å². The van der Waals surface area contributed by atoms with E-state index < -0.39 is 27.0 Å². The van der Waals surface area contributed by atoms with Gasteiger partial charge in [-0.1, -0.05) is 50.4 Å². The zero-order valence-electron chi connectivity index (χ0n) is 10.8. The summed E-state index contributed by atoms with van der Waals surface area (Å²) in [5.74, 6) is -1.76. The maximum Gasteiger partial charge on any atom is 0.322 e. The molecule has 0 aliphatic rings. The molecule has 0 bridgehead atoms. The fourth-order valence-corrected chi connectivity index (χ4v) is 4.61. The summed E-state index contributed by atoms with van der Waals surface area (Å²) in [7, 11) is -3.99. The third kappa shape index (κ3) is 3.28. The monoisotopic (exact) mass is 304 g/mol. The Morgan fingerprint density at radius 2 is 1.79 bits per heavy atom. The third-order valence-corrected chi connectivity index (χ3v) is 5.86. The Balaban J connectivity index is 3.37. The van der Waals surface area contributed by atoms with Crippen molar-refractivity contribution in [3.63, 3.8) is 0 Å². The number of benzene rings is 1. The molecule has 0 aromatic heterocycles. The first-order valence-corrected chi connectivity index (χ1v) is 7.99. The molecule has 6 heteroatoms. The molecule has 1 aromatic carbocycles. The van der Waals surface area contributed by atoms with Crippen molar-refractivity contribution in [2.24, 2.45) is 5.92 Å². The van der Waals surface area contributed by atoms with E-state index in [4.69, 9.17) is 11.6 Å². The van der Waals surface area contributed by atoms with Crippen LogP contribution in [0.15, 0.2) is 29.2 Å². The number of hydrogen-bond donors (Lipinski definition) is 1. The molecule has 0 heterocycles. The fraction of sp³-hybridized carbons (Fsp3) is 0.462. The molecular weight excluding hydrogens is 288 g/mol. The van der Waals surface area contributed by atoms with Crippen molar-refractivity contribution < 1.29 is 18.3 Å². The molecule has 106 valence electrons. The van der Waals surface area contributed by atoms with Crippen molar-refractivity contribution in [2.45, 2.75) is 36.8 Å². The summed E-state index contributed by atoms with van der Waals surface area (Å²) in [4.78, 5) is 11.3. The Morgan fingerprint density at radius 1 is 1.26 bits per heavy atom. The summed E-state index contributed by atoms with van der Waals surface area (Å²) >= 11 is 5.88. The first kappa shape index (κ1) is 16.0. The number of sulfone groups is 1. The first-order chi connectivity index (χ1) is 8.86. The summed E-state index contributed by atoms with van der Waals surface area (Å²) in [5, 5.41) is 7.87. The zero-order valence-corrected chi connectivity index (χ0v) is 12.4. The van der Waals surface area contributed by atoms with Crippen LogP contribution in [-0.2, 0) is 14.6 Å². The topological polar surface area (TPSA) is 71.4 Å². The Kier molecular flexibility index (Phi) is 5.38. The van der Waals surface area contributed by atoms with Gasteiger partial charge < -0.3 is 5.11 Å². The van der Waals surface area contributed by atoms with Crippen LogP contribution in [-0.4, -0.2) is 24.7 Å². The van der Waals surface area contributed by atoms with Crippen molar-refractivity contribution in [2.75, 3.05) is 0 Å². The van der Waals surface area contributed by atoms with Gasteiger partial charge >= 0.3 is 5.97 Å². The fourth-order valence-electron chi connectivity index (χ4n) is 2.12. The minimum Gasteiger partial charge on any atom is -0.480 e. The molecule has 19 heavy (non-hydrogen) atoms. The molecular formula is C13H17ClO4S. The van der Waals surface area contributed by atoms with Crippen molar-refractivity contribution in [1.29, 1.82) is 0 Å². The number of hydrogen-bond acceptors (Lipinski definition) is 3. The number of rotatable bonds is 6. The van der Waals surface area contributed by atoms with Gasteiger partial charge in [0.2, 0.25) is 0 Å². The van der Waals surface area contributed by atoms with Crippen LogP contribution in [0.5, 0.6) is 0 Å². The molecule has 1 aromatic rings. The van der Waals surface area contributed by atoms with Gasteiger partial charge in [-0.05, 0) is 18.1 Å². The van der Waals surface area contributed by atoms with E-state index in [-0.39, 0.29) is 9.92 Å². The minimum absolute atomic E-state index is 0.0553. The van der Waals surface area contributed by atoms with E-state index in [9.17, 15) is 18.3 Å². The van der Waals surface area contributed by atoms with Crippen LogP contribution in [0.2, 0.25) is 5.02 Å². The average Bonchev–Trinajstić information content (AvgIpc) is 2.35. The van der Waals surface area contributed by atoms with Crippen LogP contribution >= 0.6 is 11.6 Å². The summed E-state index contributed by atoms with van der Waals surface area (Å²) in [6.07, 6.45) is 0.967. The lowest BCUT2D eigenvalue weighted by Crippen LogP contribution is -2.37. The third-order valence-electron chi connectivity index (χ3n) is 3.20.